The summed E-state index contributed by atoms with van der Waals surface area (Å²) >= 11 is 5.84. The summed E-state index contributed by atoms with van der Waals surface area (Å²) in [6, 6.07) is 14.4. The first-order valence-corrected chi connectivity index (χ1v) is 7.40. The van der Waals surface area contributed by atoms with Crippen molar-refractivity contribution < 1.29 is 0 Å². The minimum Gasteiger partial charge on any atom is -0.252 e. The maximum absolute atomic E-state index is 5.84. The van der Waals surface area contributed by atoms with Crippen molar-refractivity contribution in [2.45, 2.75) is 6.42 Å². The van der Waals surface area contributed by atoms with Gasteiger partial charge in [-0.15, -0.1) is 0 Å². The molecule has 0 saturated carbocycles. The standard InChI is InChI=1S/C19H15ClN2/c1-21-19(20)12-8-14-7-9-16-10-11-17(22-18(16)13-14)15-5-3-2-4-6-15/h2-12H,1,13H2/b14-8-,19-12-. The third-order valence-corrected chi connectivity index (χ3v) is 3.76. The fourth-order valence-corrected chi connectivity index (χ4v) is 2.43. The van der Waals surface area contributed by atoms with Crippen molar-refractivity contribution in [3.05, 3.63) is 82.7 Å². The highest BCUT2D eigenvalue weighted by molar-refractivity contribution is 6.29. The molecular formula is C19H15ClN2. The average Bonchev–Trinajstić information content (AvgIpc) is 2.59. The number of benzene rings is 1. The number of rotatable bonds is 3. The normalized spacial score (nSPS) is 15.7. The first-order valence-electron chi connectivity index (χ1n) is 7.03. The largest absolute Gasteiger partial charge is 0.252 e. The summed E-state index contributed by atoms with van der Waals surface area (Å²) < 4.78 is 0. The van der Waals surface area contributed by atoms with Crippen LogP contribution < -0.4 is 0 Å². The highest BCUT2D eigenvalue weighted by atomic mass is 35.5. The van der Waals surface area contributed by atoms with Crippen LogP contribution in [0.3, 0.4) is 0 Å². The summed E-state index contributed by atoms with van der Waals surface area (Å²) in [6.45, 7) is 3.40. The summed E-state index contributed by atoms with van der Waals surface area (Å²) in [6.07, 6.45) is 8.64. The van der Waals surface area contributed by atoms with Gasteiger partial charge in [0, 0.05) is 12.0 Å². The van der Waals surface area contributed by atoms with Crippen LogP contribution >= 0.6 is 11.6 Å². The minimum absolute atomic E-state index is 0.387. The van der Waals surface area contributed by atoms with Crippen LogP contribution in [0.5, 0.6) is 0 Å². The number of hydrogen-bond acceptors (Lipinski definition) is 2. The Hall–Kier alpha value is -2.45. The van der Waals surface area contributed by atoms with Gasteiger partial charge < -0.3 is 0 Å². The fourth-order valence-electron chi connectivity index (χ4n) is 2.37. The molecule has 0 fully saturated rings. The van der Waals surface area contributed by atoms with Gasteiger partial charge in [-0.05, 0) is 30.0 Å². The second-order valence-electron chi connectivity index (χ2n) is 5.00. The van der Waals surface area contributed by atoms with Crippen LogP contribution in [0, 0.1) is 0 Å². The molecule has 1 aliphatic carbocycles. The lowest BCUT2D eigenvalue weighted by Crippen LogP contribution is -2.01. The van der Waals surface area contributed by atoms with E-state index in [1.165, 1.54) is 0 Å². The molecule has 0 aliphatic heterocycles. The summed E-state index contributed by atoms with van der Waals surface area (Å²) in [5, 5.41) is 0.387. The Morgan fingerprint density at radius 1 is 1.14 bits per heavy atom. The number of halogens is 1. The third-order valence-electron chi connectivity index (χ3n) is 3.51. The van der Waals surface area contributed by atoms with Crippen molar-refractivity contribution in [1.29, 1.82) is 0 Å². The van der Waals surface area contributed by atoms with E-state index < -0.39 is 0 Å². The second-order valence-corrected chi connectivity index (χ2v) is 5.38. The number of aliphatic imine (C=N–C) groups is 1. The van der Waals surface area contributed by atoms with Crippen LogP contribution in [0.4, 0.5) is 0 Å². The average molecular weight is 307 g/mol. The quantitative estimate of drug-likeness (QED) is 0.577. The molecule has 108 valence electrons. The molecule has 0 saturated heterocycles. The lowest BCUT2D eigenvalue weighted by Gasteiger charge is -2.13. The molecule has 1 aliphatic rings. The maximum Gasteiger partial charge on any atom is 0.128 e. The van der Waals surface area contributed by atoms with Crippen molar-refractivity contribution in [1.82, 2.24) is 4.98 Å². The molecule has 0 amide bonds. The van der Waals surface area contributed by atoms with Gasteiger partial charge in [0.25, 0.3) is 0 Å². The number of fused-ring (bicyclic) bond motifs is 1. The molecule has 3 rings (SSSR count). The second kappa shape index (κ2) is 6.54. The fraction of sp³-hybridized carbons (Fsp3) is 0.0526. The molecule has 0 atom stereocenters. The topological polar surface area (TPSA) is 25.2 Å². The third kappa shape index (κ3) is 3.23. The number of aromatic nitrogens is 1. The molecule has 2 nitrogen and oxygen atoms in total. The zero-order valence-corrected chi connectivity index (χ0v) is 12.8. The van der Waals surface area contributed by atoms with Gasteiger partial charge in [-0.3, -0.25) is 9.98 Å². The molecule has 1 heterocycles. The van der Waals surface area contributed by atoms with E-state index in [-0.39, 0.29) is 0 Å². The van der Waals surface area contributed by atoms with Gasteiger partial charge in [0.1, 0.15) is 5.16 Å². The first-order chi connectivity index (χ1) is 10.8. The molecule has 0 N–H and O–H groups in total. The Labute approximate surface area is 135 Å². The van der Waals surface area contributed by atoms with E-state index in [1.807, 2.05) is 24.3 Å². The Morgan fingerprint density at radius 2 is 1.95 bits per heavy atom. The predicted octanol–water partition coefficient (Wildman–Crippen LogP) is 5.03. The molecule has 2 aromatic rings. The number of nitrogens with zero attached hydrogens (tertiary/aromatic N) is 2. The van der Waals surface area contributed by atoms with Gasteiger partial charge >= 0.3 is 0 Å². The highest BCUT2D eigenvalue weighted by Gasteiger charge is 2.10. The Balaban J connectivity index is 1.92. The number of pyridine rings is 1. The summed E-state index contributed by atoms with van der Waals surface area (Å²) in [7, 11) is 0. The lowest BCUT2D eigenvalue weighted by atomic mass is 9.97. The maximum atomic E-state index is 5.84. The van der Waals surface area contributed by atoms with E-state index in [2.05, 4.69) is 48.1 Å². The van der Waals surface area contributed by atoms with E-state index in [1.54, 1.807) is 6.08 Å². The van der Waals surface area contributed by atoms with Crippen LogP contribution in [0.2, 0.25) is 0 Å². The van der Waals surface area contributed by atoms with Gasteiger partial charge in [-0.2, -0.15) is 0 Å². The predicted molar refractivity (Wildman–Crippen MR) is 94.0 cm³/mol. The lowest BCUT2D eigenvalue weighted by molar-refractivity contribution is 1.06. The Bertz CT molecular complexity index is 786. The monoisotopic (exact) mass is 306 g/mol. The summed E-state index contributed by atoms with van der Waals surface area (Å²) in [5.74, 6) is 0. The van der Waals surface area contributed by atoms with E-state index in [0.29, 0.717) is 5.16 Å². The van der Waals surface area contributed by atoms with Crippen LogP contribution in [0.25, 0.3) is 17.3 Å². The van der Waals surface area contributed by atoms with Crippen molar-refractivity contribution >= 4 is 24.4 Å². The molecule has 3 heteroatoms. The molecule has 1 aromatic carbocycles. The van der Waals surface area contributed by atoms with Crippen molar-refractivity contribution in [3.63, 3.8) is 0 Å². The summed E-state index contributed by atoms with van der Waals surface area (Å²) in [5.41, 5.74) is 5.51. The molecule has 0 unspecified atom stereocenters. The Morgan fingerprint density at radius 3 is 2.73 bits per heavy atom. The van der Waals surface area contributed by atoms with E-state index in [9.17, 15) is 0 Å². The first kappa shape index (κ1) is 14.5. The molecule has 22 heavy (non-hydrogen) atoms. The molecular weight excluding hydrogens is 292 g/mol. The van der Waals surface area contributed by atoms with Crippen molar-refractivity contribution in [2.75, 3.05) is 0 Å². The summed E-state index contributed by atoms with van der Waals surface area (Å²) in [4.78, 5) is 8.46. The van der Waals surface area contributed by atoms with Gasteiger partial charge in [-0.25, -0.2) is 0 Å². The number of hydrogen-bond donors (Lipinski definition) is 0. The van der Waals surface area contributed by atoms with Crippen LogP contribution in [-0.4, -0.2) is 11.7 Å². The highest BCUT2D eigenvalue weighted by Crippen LogP contribution is 2.25. The minimum atomic E-state index is 0.387. The van der Waals surface area contributed by atoms with Crippen molar-refractivity contribution in [3.8, 4) is 11.3 Å². The van der Waals surface area contributed by atoms with Gasteiger partial charge in [0.05, 0.1) is 11.4 Å². The van der Waals surface area contributed by atoms with Gasteiger partial charge in [-0.1, -0.05) is 66.2 Å². The van der Waals surface area contributed by atoms with Crippen LogP contribution in [0.1, 0.15) is 11.3 Å². The number of allylic oxidation sites excluding steroid dienone is 4. The molecule has 0 bridgehead atoms. The van der Waals surface area contributed by atoms with E-state index >= 15 is 0 Å². The SMILES string of the molecule is C=N/C(Cl)=C\C=C1\C=Cc2ccc(-c3ccccc3)nc2C1. The van der Waals surface area contributed by atoms with E-state index in [0.717, 1.165) is 34.5 Å². The van der Waals surface area contributed by atoms with Crippen molar-refractivity contribution in [2.24, 2.45) is 4.99 Å². The Kier molecular flexibility index (Phi) is 4.31. The van der Waals surface area contributed by atoms with Crippen LogP contribution in [-0.2, 0) is 6.42 Å². The smallest absolute Gasteiger partial charge is 0.128 e. The van der Waals surface area contributed by atoms with Gasteiger partial charge in [0.15, 0.2) is 0 Å². The molecule has 0 radical (unpaired) electrons. The molecule has 1 aromatic heterocycles. The zero-order valence-electron chi connectivity index (χ0n) is 12.0. The molecule has 0 spiro atoms. The van der Waals surface area contributed by atoms with E-state index in [4.69, 9.17) is 16.6 Å². The van der Waals surface area contributed by atoms with Gasteiger partial charge in [0.2, 0.25) is 0 Å². The van der Waals surface area contributed by atoms with Crippen LogP contribution in [0.15, 0.2) is 76.4 Å². The zero-order chi connectivity index (χ0) is 15.4.